The third-order valence-corrected chi connectivity index (χ3v) is 3.83. The van der Waals surface area contributed by atoms with Crippen LogP contribution in [-0.2, 0) is 16.1 Å². The minimum atomic E-state index is 0.184. The molecule has 2 rings (SSSR count). The van der Waals surface area contributed by atoms with Gasteiger partial charge in [-0.1, -0.05) is 13.8 Å². The normalized spacial score (nSPS) is 19.0. The van der Waals surface area contributed by atoms with Gasteiger partial charge in [-0.25, -0.2) is 0 Å². The van der Waals surface area contributed by atoms with Gasteiger partial charge in [0, 0.05) is 32.0 Å². The summed E-state index contributed by atoms with van der Waals surface area (Å²) < 4.78 is 5.76. The molecule has 1 atom stereocenters. The highest BCUT2D eigenvalue weighted by atomic mass is 16.5. The molecule has 2 heterocycles. The summed E-state index contributed by atoms with van der Waals surface area (Å²) >= 11 is 0. The Balaban J connectivity index is 1.80. The van der Waals surface area contributed by atoms with Crippen LogP contribution >= 0.6 is 0 Å². The van der Waals surface area contributed by atoms with Crippen molar-refractivity contribution in [2.75, 3.05) is 33.3 Å². The number of rotatable bonds is 6. The maximum Gasteiger partial charge on any atom is 0.236 e. The zero-order chi connectivity index (χ0) is 15.9. The van der Waals surface area contributed by atoms with Crippen molar-refractivity contribution in [3.05, 3.63) is 30.1 Å². The van der Waals surface area contributed by atoms with Crippen LogP contribution in [0.25, 0.3) is 0 Å². The Morgan fingerprint density at radius 3 is 2.86 bits per heavy atom. The average molecular weight is 305 g/mol. The summed E-state index contributed by atoms with van der Waals surface area (Å²) in [6, 6.07) is 3.96. The Morgan fingerprint density at radius 2 is 2.18 bits per heavy atom. The van der Waals surface area contributed by atoms with E-state index in [1.807, 2.05) is 29.0 Å². The molecule has 1 saturated heterocycles. The summed E-state index contributed by atoms with van der Waals surface area (Å²) in [7, 11) is 1.98. The number of pyridine rings is 1. The molecule has 5 heteroatoms. The lowest BCUT2D eigenvalue weighted by molar-refractivity contribution is -0.140. The fourth-order valence-electron chi connectivity index (χ4n) is 2.80. The number of carbonyl (C=O) groups is 1. The summed E-state index contributed by atoms with van der Waals surface area (Å²) in [6.07, 6.45) is 4.76. The molecular formula is C17H27N3O2. The van der Waals surface area contributed by atoms with Crippen LogP contribution in [0.5, 0.6) is 0 Å². The van der Waals surface area contributed by atoms with Gasteiger partial charge in [0.15, 0.2) is 0 Å². The minimum absolute atomic E-state index is 0.184. The molecule has 0 unspecified atom stereocenters. The molecule has 0 saturated carbocycles. The van der Waals surface area contributed by atoms with E-state index in [2.05, 4.69) is 18.8 Å². The fourth-order valence-corrected chi connectivity index (χ4v) is 2.80. The molecule has 1 fully saturated rings. The maximum absolute atomic E-state index is 12.4. The van der Waals surface area contributed by atoms with Crippen molar-refractivity contribution in [3.8, 4) is 0 Å². The summed E-state index contributed by atoms with van der Waals surface area (Å²) in [6.45, 7) is 7.65. The summed E-state index contributed by atoms with van der Waals surface area (Å²) in [5.41, 5.74) is 1.17. The first-order valence-electron chi connectivity index (χ1n) is 8.01. The fraction of sp³-hybridized carbons (Fsp3) is 0.647. The Kier molecular flexibility index (Phi) is 6.34. The minimum Gasteiger partial charge on any atom is -0.375 e. The predicted molar refractivity (Wildman–Crippen MR) is 86.3 cm³/mol. The lowest BCUT2D eigenvalue weighted by atomic mass is 10.0. The molecule has 22 heavy (non-hydrogen) atoms. The largest absolute Gasteiger partial charge is 0.375 e. The standard InChI is InChI=1S/C17H27N3O2/c1-14(2)10-16-12-20(8-9-22-16)17(21)13-19(3)11-15-4-6-18-7-5-15/h4-7,14,16H,8-13H2,1-3H3/t16-/m1/s1. The maximum atomic E-state index is 12.4. The van der Waals surface area contributed by atoms with Crippen molar-refractivity contribution >= 4 is 5.91 Å². The monoisotopic (exact) mass is 305 g/mol. The molecule has 1 aromatic rings. The van der Waals surface area contributed by atoms with Gasteiger partial charge in [-0.2, -0.15) is 0 Å². The number of amides is 1. The van der Waals surface area contributed by atoms with E-state index in [0.29, 0.717) is 25.6 Å². The first kappa shape index (κ1) is 16.9. The van der Waals surface area contributed by atoms with E-state index in [-0.39, 0.29) is 12.0 Å². The molecule has 1 aliphatic heterocycles. The van der Waals surface area contributed by atoms with Gasteiger partial charge in [-0.15, -0.1) is 0 Å². The second-order valence-corrected chi connectivity index (χ2v) is 6.49. The van der Waals surface area contributed by atoms with Gasteiger partial charge in [0.1, 0.15) is 0 Å². The highest BCUT2D eigenvalue weighted by Gasteiger charge is 2.25. The Hall–Kier alpha value is -1.46. The number of nitrogens with zero attached hydrogens (tertiary/aromatic N) is 3. The molecule has 1 aliphatic rings. The number of aromatic nitrogens is 1. The number of morpholine rings is 1. The molecule has 0 radical (unpaired) electrons. The molecule has 0 bridgehead atoms. The van der Waals surface area contributed by atoms with Crippen molar-refractivity contribution < 1.29 is 9.53 Å². The highest BCUT2D eigenvalue weighted by molar-refractivity contribution is 5.78. The van der Waals surface area contributed by atoms with Gasteiger partial charge in [-0.05, 0) is 37.1 Å². The first-order valence-corrected chi connectivity index (χ1v) is 8.01. The topological polar surface area (TPSA) is 45.7 Å². The zero-order valence-electron chi connectivity index (χ0n) is 13.9. The second-order valence-electron chi connectivity index (χ2n) is 6.49. The van der Waals surface area contributed by atoms with Crippen LogP contribution in [0.4, 0.5) is 0 Å². The smallest absolute Gasteiger partial charge is 0.236 e. The van der Waals surface area contributed by atoms with Gasteiger partial charge >= 0.3 is 0 Å². The lowest BCUT2D eigenvalue weighted by Crippen LogP contribution is -2.48. The van der Waals surface area contributed by atoms with E-state index in [4.69, 9.17) is 4.74 Å². The van der Waals surface area contributed by atoms with Gasteiger partial charge < -0.3 is 9.64 Å². The molecule has 5 nitrogen and oxygen atoms in total. The van der Waals surface area contributed by atoms with Crippen molar-refractivity contribution in [3.63, 3.8) is 0 Å². The van der Waals surface area contributed by atoms with Gasteiger partial charge in [-0.3, -0.25) is 14.7 Å². The van der Waals surface area contributed by atoms with Crippen LogP contribution in [0.2, 0.25) is 0 Å². The van der Waals surface area contributed by atoms with Crippen LogP contribution in [-0.4, -0.2) is 60.1 Å². The highest BCUT2D eigenvalue weighted by Crippen LogP contribution is 2.14. The predicted octanol–water partition coefficient (Wildman–Crippen LogP) is 1.79. The van der Waals surface area contributed by atoms with Crippen molar-refractivity contribution in [1.29, 1.82) is 0 Å². The molecule has 1 aromatic heterocycles. The van der Waals surface area contributed by atoms with Crippen LogP contribution in [0.3, 0.4) is 0 Å². The molecular weight excluding hydrogens is 278 g/mol. The van der Waals surface area contributed by atoms with Crippen molar-refractivity contribution in [2.45, 2.75) is 32.9 Å². The SMILES string of the molecule is CC(C)C[C@@H]1CN(C(=O)CN(C)Cc2ccncc2)CCO1. The molecule has 1 amide bonds. The van der Waals surface area contributed by atoms with Crippen LogP contribution in [0, 0.1) is 5.92 Å². The average Bonchev–Trinajstić information content (AvgIpc) is 2.47. The zero-order valence-corrected chi connectivity index (χ0v) is 13.9. The third kappa shape index (κ3) is 5.39. The van der Waals surface area contributed by atoms with Crippen LogP contribution < -0.4 is 0 Å². The molecule has 0 aliphatic carbocycles. The molecule has 0 aromatic carbocycles. The van der Waals surface area contributed by atoms with E-state index < -0.39 is 0 Å². The van der Waals surface area contributed by atoms with Crippen LogP contribution in [0.1, 0.15) is 25.8 Å². The van der Waals surface area contributed by atoms with E-state index in [9.17, 15) is 4.79 Å². The summed E-state index contributed by atoms with van der Waals surface area (Å²) in [5.74, 6) is 0.781. The summed E-state index contributed by atoms with van der Waals surface area (Å²) in [4.78, 5) is 20.4. The number of carbonyl (C=O) groups excluding carboxylic acids is 1. The Bertz CT molecular complexity index is 464. The second kappa shape index (κ2) is 8.25. The van der Waals surface area contributed by atoms with E-state index in [1.165, 1.54) is 5.56 Å². The molecule has 0 spiro atoms. The van der Waals surface area contributed by atoms with E-state index >= 15 is 0 Å². The van der Waals surface area contributed by atoms with Gasteiger partial charge in [0.05, 0.1) is 19.3 Å². The lowest BCUT2D eigenvalue weighted by Gasteiger charge is -2.34. The number of ether oxygens (including phenoxy) is 1. The first-order chi connectivity index (χ1) is 10.5. The van der Waals surface area contributed by atoms with E-state index in [0.717, 1.165) is 19.5 Å². The van der Waals surface area contributed by atoms with Crippen molar-refractivity contribution in [1.82, 2.24) is 14.8 Å². The molecule has 122 valence electrons. The van der Waals surface area contributed by atoms with Crippen molar-refractivity contribution in [2.24, 2.45) is 5.92 Å². The third-order valence-electron chi connectivity index (χ3n) is 3.83. The van der Waals surface area contributed by atoms with E-state index in [1.54, 1.807) is 12.4 Å². The number of hydrogen-bond donors (Lipinski definition) is 0. The number of hydrogen-bond acceptors (Lipinski definition) is 4. The van der Waals surface area contributed by atoms with Crippen LogP contribution in [0.15, 0.2) is 24.5 Å². The number of likely N-dealkylation sites (N-methyl/N-ethyl adjacent to an activating group) is 1. The molecule has 0 N–H and O–H groups in total. The Labute approximate surface area is 133 Å². The van der Waals surface area contributed by atoms with Gasteiger partial charge in [0.25, 0.3) is 0 Å². The Morgan fingerprint density at radius 1 is 1.45 bits per heavy atom. The summed E-state index contributed by atoms with van der Waals surface area (Å²) in [5, 5.41) is 0. The van der Waals surface area contributed by atoms with Gasteiger partial charge in [0.2, 0.25) is 5.91 Å². The quantitative estimate of drug-likeness (QED) is 0.804.